The summed E-state index contributed by atoms with van der Waals surface area (Å²) < 4.78 is 16.9. The van der Waals surface area contributed by atoms with E-state index in [1.807, 2.05) is 13.0 Å². The Morgan fingerprint density at radius 1 is 1.36 bits per heavy atom. The summed E-state index contributed by atoms with van der Waals surface area (Å²) in [6.07, 6.45) is 5.78. The van der Waals surface area contributed by atoms with Gasteiger partial charge in [0.15, 0.2) is 11.5 Å². The maximum absolute atomic E-state index is 16.9. The van der Waals surface area contributed by atoms with Crippen molar-refractivity contribution in [1.29, 1.82) is 0 Å². The van der Waals surface area contributed by atoms with Crippen LogP contribution in [0.4, 0.5) is 4.39 Å². The highest BCUT2D eigenvalue weighted by Crippen LogP contribution is 2.70. The molecule has 0 radical (unpaired) electrons. The molecule has 4 aliphatic rings. The van der Waals surface area contributed by atoms with Gasteiger partial charge >= 0.3 is 0 Å². The van der Waals surface area contributed by atoms with Gasteiger partial charge in [0.1, 0.15) is 12.2 Å². The summed E-state index contributed by atoms with van der Waals surface area (Å²) in [7, 11) is 0. The zero-order chi connectivity index (χ0) is 20.7. The number of carbonyl (C=O) groups is 1. The van der Waals surface area contributed by atoms with E-state index in [-0.39, 0.29) is 12.3 Å². The van der Waals surface area contributed by atoms with Crippen molar-refractivity contribution in [3.05, 3.63) is 23.8 Å². The van der Waals surface area contributed by atoms with E-state index in [1.165, 1.54) is 0 Å². The second-order valence-electron chi connectivity index (χ2n) is 9.75. The number of halogens is 1. The predicted octanol–water partition coefficient (Wildman–Crippen LogP) is 2.70. The fourth-order valence-electron chi connectivity index (χ4n) is 7.26. The van der Waals surface area contributed by atoms with Crippen LogP contribution in [0.5, 0.6) is 0 Å². The quantitative estimate of drug-likeness (QED) is 0.613. The summed E-state index contributed by atoms with van der Waals surface area (Å²) in [5, 5.41) is 32.1. The summed E-state index contributed by atoms with van der Waals surface area (Å²) in [5.41, 5.74) is -4.66. The lowest BCUT2D eigenvalue weighted by Crippen LogP contribution is -2.69. The normalized spacial score (nSPS) is 52.5. The van der Waals surface area contributed by atoms with Crippen LogP contribution in [0, 0.1) is 28.6 Å². The lowest BCUT2D eigenvalue weighted by atomic mass is 9.44. The molecule has 6 heteroatoms. The van der Waals surface area contributed by atoms with Crippen LogP contribution in [0.3, 0.4) is 0 Å². The zero-order valence-corrected chi connectivity index (χ0v) is 17.4. The third-order valence-corrected chi connectivity index (χ3v) is 9.05. The van der Waals surface area contributed by atoms with E-state index in [0.29, 0.717) is 24.1 Å². The number of allylic oxidation sites excluding steroid dienone is 4. The van der Waals surface area contributed by atoms with Crippen LogP contribution in [0.15, 0.2) is 23.8 Å². The molecule has 4 rings (SSSR count). The molecule has 4 aliphatic carbocycles. The minimum atomic E-state index is -1.89. The summed E-state index contributed by atoms with van der Waals surface area (Å²) in [4.78, 5) is 13.2. The van der Waals surface area contributed by atoms with Crippen LogP contribution < -0.4 is 0 Å². The van der Waals surface area contributed by atoms with E-state index in [9.17, 15) is 20.1 Å². The first-order chi connectivity index (χ1) is 13.0. The molecule has 0 spiro atoms. The van der Waals surface area contributed by atoms with Gasteiger partial charge in [-0.15, -0.1) is 0 Å². The molecule has 0 aromatic rings. The molecule has 3 fully saturated rings. The van der Waals surface area contributed by atoms with E-state index in [4.69, 9.17) is 12.2 Å². The molecule has 3 N–H and O–H groups in total. The highest BCUT2D eigenvalue weighted by molar-refractivity contribution is 7.81. The van der Waals surface area contributed by atoms with Crippen LogP contribution >= 0.6 is 12.2 Å². The van der Waals surface area contributed by atoms with Crippen molar-refractivity contribution in [3.63, 3.8) is 0 Å². The Bertz CT molecular complexity index is 808. The van der Waals surface area contributed by atoms with Crippen molar-refractivity contribution in [2.75, 3.05) is 6.61 Å². The number of Topliss-reactive ketones (excluding diaryl/α,β-unsaturated/α-hetero) is 1. The molecule has 0 bridgehead atoms. The summed E-state index contributed by atoms with van der Waals surface area (Å²) in [5.74, 6) is -1.77. The standard InChI is InChI=1S/C22H29FO4S/c1-12-8-16-15-5-4-13-9-14(28)6-7-19(13,2)21(15,23)17(25)10-20(16,3)22(12,27)18(26)11-24/h6-7,9,12,15-17,24-25,27H,4-5,8,10-11H2,1-3H3/t12-,15-,16-,17?,19-,20-,21-,22-/m0/s1. The largest absolute Gasteiger partial charge is 0.390 e. The summed E-state index contributed by atoms with van der Waals surface area (Å²) >= 11 is 5.27. The average molecular weight is 409 g/mol. The van der Waals surface area contributed by atoms with Gasteiger partial charge in [0.25, 0.3) is 0 Å². The van der Waals surface area contributed by atoms with Gasteiger partial charge in [-0.1, -0.05) is 37.7 Å². The highest BCUT2D eigenvalue weighted by Gasteiger charge is 2.75. The first-order valence-electron chi connectivity index (χ1n) is 10.1. The second kappa shape index (κ2) is 6.03. The molecule has 154 valence electrons. The van der Waals surface area contributed by atoms with Gasteiger partial charge in [-0.2, -0.15) is 0 Å². The number of hydrogen-bond donors (Lipinski definition) is 3. The minimum Gasteiger partial charge on any atom is -0.390 e. The molecule has 8 atom stereocenters. The Balaban J connectivity index is 1.84. The van der Waals surface area contributed by atoms with Gasteiger partial charge in [0, 0.05) is 21.6 Å². The molecular weight excluding hydrogens is 379 g/mol. The molecule has 4 nitrogen and oxygen atoms in total. The lowest BCUT2D eigenvalue weighted by Gasteiger charge is -2.62. The third kappa shape index (κ3) is 2.10. The van der Waals surface area contributed by atoms with Gasteiger partial charge in [-0.05, 0) is 56.6 Å². The lowest BCUT2D eigenvalue weighted by molar-refractivity contribution is -0.219. The predicted molar refractivity (Wildman–Crippen MR) is 108 cm³/mol. The SMILES string of the molecule is C[C@H]1C[C@H]2[C@@H]3CCC4=CC(=S)C=C[C@]4(C)[C@@]3(F)C(O)C[C@]2(C)[C@@]1(O)C(=O)CO. The molecule has 0 aromatic heterocycles. The Kier molecular flexibility index (Phi) is 4.38. The van der Waals surface area contributed by atoms with Crippen molar-refractivity contribution < 1.29 is 24.5 Å². The van der Waals surface area contributed by atoms with Crippen molar-refractivity contribution in [1.82, 2.24) is 0 Å². The highest BCUT2D eigenvalue weighted by atomic mass is 32.1. The zero-order valence-electron chi connectivity index (χ0n) is 16.6. The fraction of sp³-hybridized carbons (Fsp3) is 0.727. The van der Waals surface area contributed by atoms with E-state index >= 15 is 4.39 Å². The molecule has 0 heterocycles. The van der Waals surface area contributed by atoms with Gasteiger partial charge in [-0.25, -0.2) is 4.39 Å². The molecule has 0 aromatic carbocycles. The number of ketones is 1. The number of aliphatic hydroxyl groups is 3. The molecule has 0 amide bonds. The van der Waals surface area contributed by atoms with E-state index in [2.05, 4.69) is 0 Å². The number of hydrogen-bond acceptors (Lipinski definition) is 5. The number of rotatable bonds is 2. The fourth-order valence-corrected chi connectivity index (χ4v) is 7.47. The van der Waals surface area contributed by atoms with Gasteiger partial charge < -0.3 is 15.3 Å². The topological polar surface area (TPSA) is 77.8 Å². The van der Waals surface area contributed by atoms with E-state index < -0.39 is 52.4 Å². The van der Waals surface area contributed by atoms with Crippen LogP contribution in [0.25, 0.3) is 0 Å². The molecule has 28 heavy (non-hydrogen) atoms. The van der Waals surface area contributed by atoms with Gasteiger partial charge in [0.2, 0.25) is 0 Å². The third-order valence-electron chi connectivity index (χ3n) is 8.79. The van der Waals surface area contributed by atoms with Crippen molar-refractivity contribution in [2.45, 2.75) is 63.8 Å². The number of alkyl halides is 1. The van der Waals surface area contributed by atoms with Crippen LogP contribution in [-0.2, 0) is 4.79 Å². The molecule has 1 unspecified atom stereocenters. The van der Waals surface area contributed by atoms with Crippen LogP contribution in [-0.4, -0.2) is 49.9 Å². The number of aliphatic hydroxyl groups excluding tert-OH is 2. The summed E-state index contributed by atoms with van der Waals surface area (Å²) in [6, 6.07) is 0. The molecule has 0 saturated heterocycles. The monoisotopic (exact) mass is 408 g/mol. The van der Waals surface area contributed by atoms with Crippen LogP contribution in [0.1, 0.15) is 46.5 Å². The van der Waals surface area contributed by atoms with Crippen LogP contribution in [0.2, 0.25) is 0 Å². The van der Waals surface area contributed by atoms with E-state index in [1.54, 1.807) is 26.0 Å². The first-order valence-corrected chi connectivity index (χ1v) is 10.6. The Morgan fingerprint density at radius 3 is 2.68 bits per heavy atom. The minimum absolute atomic E-state index is 0.0155. The Hall–Kier alpha value is -0.950. The molecule has 3 saturated carbocycles. The number of carbonyl (C=O) groups excluding carboxylic acids is 1. The van der Waals surface area contributed by atoms with Gasteiger partial charge in [-0.3, -0.25) is 4.79 Å². The smallest absolute Gasteiger partial charge is 0.190 e. The molecule has 0 aliphatic heterocycles. The summed E-state index contributed by atoms with van der Waals surface area (Å²) in [6.45, 7) is 4.66. The Morgan fingerprint density at radius 2 is 2.04 bits per heavy atom. The first kappa shape index (κ1) is 20.3. The number of thiocarbonyl (C=S) groups is 1. The second-order valence-corrected chi connectivity index (χ2v) is 10.2. The number of fused-ring (bicyclic) bond motifs is 5. The van der Waals surface area contributed by atoms with Crippen molar-refractivity contribution in [2.24, 2.45) is 28.6 Å². The molecular formula is C22H29FO4S. The Labute approximate surface area is 170 Å². The van der Waals surface area contributed by atoms with Gasteiger partial charge in [0.05, 0.1) is 6.10 Å². The van der Waals surface area contributed by atoms with Crippen molar-refractivity contribution in [3.8, 4) is 0 Å². The van der Waals surface area contributed by atoms with Crippen molar-refractivity contribution >= 4 is 22.9 Å². The average Bonchev–Trinajstić information content (AvgIpc) is 2.84. The van der Waals surface area contributed by atoms with E-state index in [0.717, 1.165) is 5.57 Å². The maximum atomic E-state index is 16.9. The maximum Gasteiger partial charge on any atom is 0.190 e.